The van der Waals surface area contributed by atoms with E-state index in [1.807, 2.05) is 11.8 Å². The molecule has 18 heavy (non-hydrogen) atoms. The molecule has 2 rings (SSSR count). The fourth-order valence-electron chi connectivity index (χ4n) is 1.66. The van der Waals surface area contributed by atoms with Gasteiger partial charge in [-0.3, -0.25) is 0 Å². The molecule has 0 aromatic carbocycles. The highest BCUT2D eigenvalue weighted by Gasteiger charge is 2.17. The molecular weight excluding hydrogens is 349 g/mol. The first-order chi connectivity index (χ1) is 8.15. The van der Waals surface area contributed by atoms with Crippen molar-refractivity contribution in [2.75, 3.05) is 19.7 Å². The quantitative estimate of drug-likeness (QED) is 0.425. The summed E-state index contributed by atoms with van der Waals surface area (Å²) in [5.74, 6) is 1.07. The van der Waals surface area contributed by atoms with Crippen LogP contribution in [0.15, 0.2) is 4.99 Å². The van der Waals surface area contributed by atoms with E-state index in [9.17, 15) is 0 Å². The molecule has 0 spiro atoms. The summed E-state index contributed by atoms with van der Waals surface area (Å²) in [6.07, 6.45) is 0.187. The zero-order valence-corrected chi connectivity index (χ0v) is 12.8. The second-order valence-corrected chi connectivity index (χ2v) is 4.00. The predicted octanol–water partition coefficient (Wildman–Crippen LogP) is -0.636. The molecule has 1 saturated heterocycles. The number of nitrogens with two attached hydrogens (primary N) is 1. The highest BCUT2D eigenvalue weighted by atomic mass is 127. The molecule has 1 fully saturated rings. The van der Waals surface area contributed by atoms with Crippen molar-refractivity contribution in [3.63, 3.8) is 0 Å². The molecule has 0 saturated carbocycles. The van der Waals surface area contributed by atoms with Gasteiger partial charge in [-0.1, -0.05) is 0 Å². The number of nitrogens with zero attached hydrogens (tertiary/aromatic N) is 6. The molecule has 0 bridgehead atoms. The van der Waals surface area contributed by atoms with Gasteiger partial charge in [0.15, 0.2) is 11.8 Å². The lowest BCUT2D eigenvalue weighted by atomic mass is 10.3. The summed E-state index contributed by atoms with van der Waals surface area (Å²) >= 11 is 0. The van der Waals surface area contributed by atoms with E-state index in [1.165, 1.54) is 4.80 Å². The molecule has 0 radical (unpaired) electrons. The Labute approximate surface area is 123 Å². The summed E-state index contributed by atoms with van der Waals surface area (Å²) < 4.78 is 5.43. The molecule has 1 aliphatic rings. The van der Waals surface area contributed by atoms with E-state index in [1.54, 1.807) is 7.05 Å². The van der Waals surface area contributed by atoms with Gasteiger partial charge in [0.05, 0.1) is 19.8 Å². The van der Waals surface area contributed by atoms with Crippen LogP contribution >= 0.6 is 24.0 Å². The first kappa shape index (κ1) is 15.1. The number of halogens is 1. The average Bonchev–Trinajstić information content (AvgIpc) is 2.72. The van der Waals surface area contributed by atoms with Gasteiger partial charge in [0.25, 0.3) is 0 Å². The van der Waals surface area contributed by atoms with Gasteiger partial charge in [-0.2, -0.15) is 4.80 Å². The van der Waals surface area contributed by atoms with Gasteiger partial charge < -0.3 is 15.4 Å². The van der Waals surface area contributed by atoms with Crippen LogP contribution in [0.3, 0.4) is 0 Å². The second-order valence-electron chi connectivity index (χ2n) is 4.00. The van der Waals surface area contributed by atoms with Gasteiger partial charge in [-0.15, -0.1) is 34.2 Å². The van der Waals surface area contributed by atoms with E-state index in [0.717, 1.165) is 13.1 Å². The Morgan fingerprint density at radius 3 is 3.00 bits per heavy atom. The summed E-state index contributed by atoms with van der Waals surface area (Å²) in [7, 11) is 1.72. The number of aliphatic imine (C=N–C) groups is 1. The Hall–Kier alpha value is -0.970. The van der Waals surface area contributed by atoms with E-state index >= 15 is 0 Å². The Kier molecular flexibility index (Phi) is 5.72. The van der Waals surface area contributed by atoms with Crippen molar-refractivity contribution in [1.29, 1.82) is 0 Å². The number of ether oxygens (including phenoxy) is 1. The number of hydrogen-bond acceptors (Lipinski definition) is 5. The van der Waals surface area contributed by atoms with Crippen LogP contribution in [0.25, 0.3) is 0 Å². The molecule has 0 amide bonds. The van der Waals surface area contributed by atoms with Crippen molar-refractivity contribution in [2.45, 2.75) is 19.6 Å². The SMILES string of the molecule is CC1CN(C(N)=NCc2nnn(C)n2)CCO1.I. The molecule has 1 aliphatic heterocycles. The predicted molar refractivity (Wildman–Crippen MR) is 76.5 cm³/mol. The summed E-state index contributed by atoms with van der Waals surface area (Å²) in [5.41, 5.74) is 5.90. The molecule has 1 unspecified atom stereocenters. The van der Waals surface area contributed by atoms with E-state index in [2.05, 4.69) is 20.4 Å². The minimum absolute atomic E-state index is 0. The smallest absolute Gasteiger partial charge is 0.196 e. The van der Waals surface area contributed by atoms with Gasteiger partial charge in [0.1, 0.15) is 6.54 Å². The first-order valence-corrected chi connectivity index (χ1v) is 5.54. The van der Waals surface area contributed by atoms with Crippen LogP contribution in [0.1, 0.15) is 12.7 Å². The van der Waals surface area contributed by atoms with Crippen LogP contribution in [0, 0.1) is 0 Å². The number of aryl methyl sites for hydroxylation is 1. The van der Waals surface area contributed by atoms with Crippen molar-refractivity contribution in [3.05, 3.63) is 5.82 Å². The zero-order valence-electron chi connectivity index (χ0n) is 10.5. The fourth-order valence-corrected chi connectivity index (χ4v) is 1.66. The lowest BCUT2D eigenvalue weighted by Gasteiger charge is -2.31. The molecular formula is C9H18IN7O. The second kappa shape index (κ2) is 6.83. The van der Waals surface area contributed by atoms with Crippen LogP contribution in [0.4, 0.5) is 0 Å². The average molecular weight is 367 g/mol. The van der Waals surface area contributed by atoms with Crippen molar-refractivity contribution >= 4 is 29.9 Å². The maximum atomic E-state index is 5.90. The monoisotopic (exact) mass is 367 g/mol. The molecule has 2 heterocycles. The number of tetrazole rings is 1. The third-order valence-corrected chi connectivity index (χ3v) is 2.50. The number of morpholine rings is 1. The van der Waals surface area contributed by atoms with Gasteiger partial charge >= 0.3 is 0 Å². The molecule has 2 N–H and O–H groups in total. The van der Waals surface area contributed by atoms with Crippen molar-refractivity contribution in [3.8, 4) is 0 Å². The maximum Gasteiger partial charge on any atom is 0.196 e. The molecule has 1 aromatic rings. The van der Waals surface area contributed by atoms with Crippen molar-refractivity contribution in [1.82, 2.24) is 25.1 Å². The Morgan fingerprint density at radius 1 is 1.61 bits per heavy atom. The molecule has 9 heteroatoms. The first-order valence-electron chi connectivity index (χ1n) is 5.54. The highest BCUT2D eigenvalue weighted by molar-refractivity contribution is 14.0. The number of hydrogen-bond donors (Lipinski definition) is 1. The minimum atomic E-state index is 0. The van der Waals surface area contributed by atoms with Crippen LogP contribution in [-0.2, 0) is 18.3 Å². The Morgan fingerprint density at radius 2 is 2.39 bits per heavy atom. The van der Waals surface area contributed by atoms with E-state index in [-0.39, 0.29) is 30.1 Å². The zero-order chi connectivity index (χ0) is 12.3. The number of rotatable bonds is 2. The summed E-state index contributed by atoms with van der Waals surface area (Å²) in [4.78, 5) is 7.66. The maximum absolute atomic E-state index is 5.90. The molecule has 1 atom stereocenters. The Balaban J connectivity index is 0.00000162. The topological polar surface area (TPSA) is 94.5 Å². The molecule has 1 aromatic heterocycles. The summed E-state index contributed by atoms with van der Waals surface area (Å²) in [6, 6.07) is 0. The van der Waals surface area contributed by atoms with Gasteiger partial charge in [0.2, 0.25) is 0 Å². The van der Waals surface area contributed by atoms with Gasteiger partial charge in [0, 0.05) is 13.1 Å². The van der Waals surface area contributed by atoms with E-state index in [0.29, 0.717) is 24.9 Å². The van der Waals surface area contributed by atoms with Crippen LogP contribution < -0.4 is 5.73 Å². The van der Waals surface area contributed by atoms with E-state index in [4.69, 9.17) is 10.5 Å². The standard InChI is InChI=1S/C9H17N7O.HI/c1-7-6-16(3-4-17-7)9(10)11-5-8-12-14-15(2)13-8;/h7H,3-6H2,1-2H3,(H2,10,11);1H. The molecule has 102 valence electrons. The highest BCUT2D eigenvalue weighted by Crippen LogP contribution is 2.04. The van der Waals surface area contributed by atoms with Crippen LogP contribution in [0.2, 0.25) is 0 Å². The number of aromatic nitrogens is 4. The normalized spacial score (nSPS) is 20.7. The third-order valence-electron chi connectivity index (χ3n) is 2.50. The lowest BCUT2D eigenvalue weighted by Crippen LogP contribution is -2.47. The number of guanidine groups is 1. The van der Waals surface area contributed by atoms with Crippen LogP contribution in [0.5, 0.6) is 0 Å². The fraction of sp³-hybridized carbons (Fsp3) is 0.778. The summed E-state index contributed by atoms with van der Waals surface area (Å²) in [5, 5.41) is 11.6. The molecule has 8 nitrogen and oxygen atoms in total. The van der Waals surface area contributed by atoms with Crippen molar-refractivity contribution in [2.24, 2.45) is 17.8 Å². The Bertz CT molecular complexity index is 407. The lowest BCUT2D eigenvalue weighted by molar-refractivity contribution is 0.00528. The molecule has 0 aliphatic carbocycles. The minimum Gasteiger partial charge on any atom is -0.375 e. The van der Waals surface area contributed by atoms with Gasteiger partial charge in [-0.25, -0.2) is 4.99 Å². The van der Waals surface area contributed by atoms with Crippen LogP contribution in [-0.4, -0.2) is 56.9 Å². The summed E-state index contributed by atoms with van der Waals surface area (Å²) in [6.45, 7) is 4.59. The van der Waals surface area contributed by atoms with Gasteiger partial charge in [-0.05, 0) is 12.1 Å². The third kappa shape index (κ3) is 4.05. The largest absolute Gasteiger partial charge is 0.375 e. The van der Waals surface area contributed by atoms with Crippen molar-refractivity contribution < 1.29 is 4.74 Å². The van der Waals surface area contributed by atoms with E-state index < -0.39 is 0 Å².